The average molecular weight is 292 g/mol. The second-order valence-electron chi connectivity index (χ2n) is 6.42. The Morgan fingerprint density at radius 3 is 2.45 bits per heavy atom. The topological polar surface area (TPSA) is 30.2 Å². The summed E-state index contributed by atoms with van der Waals surface area (Å²) in [4.78, 5) is 11.8. The van der Waals surface area contributed by atoms with Crippen molar-refractivity contribution in [2.45, 2.75) is 32.6 Å². The van der Waals surface area contributed by atoms with Crippen LogP contribution in [0.2, 0.25) is 0 Å². The maximum absolute atomic E-state index is 11.8. The molecular weight excluding hydrogens is 272 g/mol. The number of furan rings is 1. The summed E-state index contributed by atoms with van der Waals surface area (Å²) >= 11 is 0. The molecule has 0 radical (unpaired) electrons. The number of benzene rings is 2. The first kappa shape index (κ1) is 14.6. The molecule has 2 nitrogen and oxygen atoms in total. The predicted octanol–water partition coefficient (Wildman–Crippen LogP) is 5.16. The summed E-state index contributed by atoms with van der Waals surface area (Å²) in [7, 11) is 0. The zero-order valence-corrected chi connectivity index (χ0v) is 13.2. The van der Waals surface area contributed by atoms with Crippen molar-refractivity contribution in [3.63, 3.8) is 0 Å². The van der Waals surface area contributed by atoms with Gasteiger partial charge in [0.05, 0.1) is 0 Å². The highest BCUT2D eigenvalue weighted by Crippen LogP contribution is 2.33. The average Bonchev–Trinajstić information content (AvgIpc) is 2.92. The summed E-state index contributed by atoms with van der Waals surface area (Å²) in [5, 5.41) is 1.12. The zero-order chi connectivity index (χ0) is 15.7. The fraction of sp³-hybridized carbons (Fsp3) is 0.250. The summed E-state index contributed by atoms with van der Waals surface area (Å²) in [6.45, 7) is 5.93. The van der Waals surface area contributed by atoms with Crippen LogP contribution in [0.15, 0.2) is 59.0 Å². The second kappa shape index (κ2) is 5.45. The lowest BCUT2D eigenvalue weighted by Gasteiger charge is -2.23. The van der Waals surface area contributed by atoms with Gasteiger partial charge in [-0.1, -0.05) is 56.3 Å². The summed E-state index contributed by atoms with van der Waals surface area (Å²) < 4.78 is 6.02. The Bertz CT molecular complexity index is 791. The lowest BCUT2D eigenvalue weighted by molar-refractivity contribution is 0.101. The molecule has 112 valence electrons. The Hall–Kier alpha value is -2.35. The number of rotatable bonds is 4. The molecule has 2 aromatic carbocycles. The van der Waals surface area contributed by atoms with Gasteiger partial charge in [-0.3, -0.25) is 4.79 Å². The zero-order valence-electron chi connectivity index (χ0n) is 13.2. The molecule has 0 saturated heterocycles. The van der Waals surface area contributed by atoms with Crippen LogP contribution < -0.4 is 0 Å². The minimum atomic E-state index is -0.176. The van der Waals surface area contributed by atoms with Crippen LogP contribution in [0.1, 0.15) is 42.5 Å². The molecule has 0 bridgehead atoms. The highest BCUT2D eigenvalue weighted by Gasteiger charge is 2.26. The summed E-state index contributed by atoms with van der Waals surface area (Å²) in [6, 6.07) is 18.0. The van der Waals surface area contributed by atoms with Crippen LogP contribution in [0.5, 0.6) is 0 Å². The standard InChI is InChI=1S/C20H20O2/c1-14(21)17-10-6-4-9-16(17)13-20(2,3)19-12-15-8-5-7-11-18(15)22-19/h4-12H,13H2,1-3H3. The Morgan fingerprint density at radius 1 is 1.05 bits per heavy atom. The molecule has 22 heavy (non-hydrogen) atoms. The molecular formula is C20H20O2. The van der Waals surface area contributed by atoms with E-state index in [0.29, 0.717) is 0 Å². The molecule has 0 aliphatic carbocycles. The quantitative estimate of drug-likeness (QED) is 0.622. The van der Waals surface area contributed by atoms with Crippen LogP contribution in [0, 0.1) is 0 Å². The first-order chi connectivity index (χ1) is 10.5. The first-order valence-electron chi connectivity index (χ1n) is 7.55. The molecule has 0 spiro atoms. The van der Waals surface area contributed by atoms with Gasteiger partial charge in [-0.05, 0) is 31.0 Å². The van der Waals surface area contributed by atoms with Crippen molar-refractivity contribution in [3.8, 4) is 0 Å². The Morgan fingerprint density at radius 2 is 1.73 bits per heavy atom. The number of para-hydroxylation sites is 1. The molecule has 0 saturated carbocycles. The molecule has 0 N–H and O–H groups in total. The van der Waals surface area contributed by atoms with Crippen molar-refractivity contribution in [3.05, 3.63) is 71.5 Å². The normalized spacial score (nSPS) is 11.8. The van der Waals surface area contributed by atoms with Crippen LogP contribution in [0.4, 0.5) is 0 Å². The van der Waals surface area contributed by atoms with Gasteiger partial charge in [0.25, 0.3) is 0 Å². The lowest BCUT2D eigenvalue weighted by Crippen LogP contribution is -2.21. The fourth-order valence-corrected chi connectivity index (χ4v) is 2.90. The molecule has 3 aromatic rings. The number of hydrogen-bond donors (Lipinski definition) is 0. The molecule has 0 unspecified atom stereocenters. The van der Waals surface area contributed by atoms with Gasteiger partial charge < -0.3 is 4.42 Å². The van der Waals surface area contributed by atoms with E-state index >= 15 is 0 Å². The highest BCUT2D eigenvalue weighted by molar-refractivity contribution is 5.95. The summed E-state index contributed by atoms with van der Waals surface area (Å²) in [6.07, 6.45) is 0.766. The van der Waals surface area contributed by atoms with E-state index in [1.54, 1.807) is 6.92 Å². The van der Waals surface area contributed by atoms with Gasteiger partial charge in [0.1, 0.15) is 11.3 Å². The van der Waals surface area contributed by atoms with Gasteiger partial charge in [0, 0.05) is 16.4 Å². The van der Waals surface area contributed by atoms with Gasteiger partial charge in [-0.2, -0.15) is 0 Å². The monoisotopic (exact) mass is 292 g/mol. The molecule has 1 heterocycles. The van der Waals surface area contributed by atoms with Gasteiger partial charge in [0.2, 0.25) is 0 Å². The third-order valence-electron chi connectivity index (χ3n) is 4.12. The van der Waals surface area contributed by atoms with E-state index in [1.807, 2.05) is 42.5 Å². The van der Waals surface area contributed by atoms with Crippen LogP contribution in [-0.4, -0.2) is 5.78 Å². The fourth-order valence-electron chi connectivity index (χ4n) is 2.90. The number of carbonyl (C=O) groups is 1. The van der Waals surface area contributed by atoms with Gasteiger partial charge in [-0.25, -0.2) is 0 Å². The predicted molar refractivity (Wildman–Crippen MR) is 89.4 cm³/mol. The van der Waals surface area contributed by atoms with E-state index in [-0.39, 0.29) is 11.2 Å². The van der Waals surface area contributed by atoms with E-state index in [1.165, 1.54) is 0 Å². The summed E-state index contributed by atoms with van der Waals surface area (Å²) in [5.41, 5.74) is 2.60. The third kappa shape index (κ3) is 2.69. The second-order valence-corrected chi connectivity index (χ2v) is 6.42. The maximum atomic E-state index is 11.8. The molecule has 0 amide bonds. The number of Topliss-reactive ketones (excluding diaryl/α,β-unsaturated/α-hetero) is 1. The van der Waals surface area contributed by atoms with Gasteiger partial charge in [0.15, 0.2) is 5.78 Å². The maximum Gasteiger partial charge on any atom is 0.160 e. The molecule has 0 atom stereocenters. The molecule has 0 aliphatic rings. The van der Waals surface area contributed by atoms with Gasteiger partial charge in [-0.15, -0.1) is 0 Å². The largest absolute Gasteiger partial charge is 0.460 e. The van der Waals surface area contributed by atoms with E-state index in [2.05, 4.69) is 26.0 Å². The van der Waals surface area contributed by atoms with E-state index in [0.717, 1.165) is 34.3 Å². The molecule has 3 rings (SSSR count). The van der Waals surface area contributed by atoms with Gasteiger partial charge >= 0.3 is 0 Å². The number of carbonyl (C=O) groups excluding carboxylic acids is 1. The van der Waals surface area contributed by atoms with E-state index in [4.69, 9.17) is 4.42 Å². The minimum absolute atomic E-state index is 0.107. The smallest absolute Gasteiger partial charge is 0.160 e. The number of fused-ring (bicyclic) bond motifs is 1. The van der Waals surface area contributed by atoms with Crippen LogP contribution in [-0.2, 0) is 11.8 Å². The first-order valence-corrected chi connectivity index (χ1v) is 7.55. The van der Waals surface area contributed by atoms with Crippen molar-refractivity contribution in [1.29, 1.82) is 0 Å². The molecule has 0 fully saturated rings. The van der Waals surface area contributed by atoms with Crippen molar-refractivity contribution in [2.75, 3.05) is 0 Å². The van der Waals surface area contributed by atoms with Crippen LogP contribution in [0.3, 0.4) is 0 Å². The Kier molecular flexibility index (Phi) is 3.61. The van der Waals surface area contributed by atoms with E-state index < -0.39 is 0 Å². The van der Waals surface area contributed by atoms with Crippen LogP contribution >= 0.6 is 0 Å². The lowest BCUT2D eigenvalue weighted by atomic mass is 9.81. The van der Waals surface area contributed by atoms with Crippen molar-refractivity contribution in [1.82, 2.24) is 0 Å². The number of ketones is 1. The van der Waals surface area contributed by atoms with Crippen LogP contribution in [0.25, 0.3) is 11.0 Å². The third-order valence-corrected chi connectivity index (χ3v) is 4.12. The van der Waals surface area contributed by atoms with E-state index in [9.17, 15) is 4.79 Å². The molecule has 1 aromatic heterocycles. The summed E-state index contributed by atoms with van der Waals surface area (Å²) in [5.74, 6) is 1.06. The Balaban J connectivity index is 1.98. The van der Waals surface area contributed by atoms with Crippen molar-refractivity contribution in [2.24, 2.45) is 0 Å². The number of hydrogen-bond acceptors (Lipinski definition) is 2. The Labute approximate surface area is 130 Å². The molecule has 2 heteroatoms. The highest BCUT2D eigenvalue weighted by atomic mass is 16.3. The SMILES string of the molecule is CC(=O)c1ccccc1CC(C)(C)c1cc2ccccc2o1. The van der Waals surface area contributed by atoms with Crippen molar-refractivity contribution >= 4 is 16.8 Å². The van der Waals surface area contributed by atoms with Crippen molar-refractivity contribution < 1.29 is 9.21 Å². The minimum Gasteiger partial charge on any atom is -0.460 e. The molecule has 0 aliphatic heterocycles.